The van der Waals surface area contributed by atoms with E-state index in [2.05, 4.69) is 35.6 Å². The lowest BCUT2D eigenvalue weighted by molar-refractivity contribution is 0.0955. The smallest absolute Gasteiger partial charge is 0.269 e. The molecule has 2 amide bonds. The summed E-state index contributed by atoms with van der Waals surface area (Å²) in [5.41, 5.74) is 4.08. The lowest BCUT2D eigenvalue weighted by atomic mass is 10.1. The lowest BCUT2D eigenvalue weighted by Crippen LogP contribution is -2.35. The molecular weight excluding hydrogens is 451 g/mol. The molecule has 11 heteroatoms. The number of nitrogens with one attached hydrogen (secondary N) is 2. The molecule has 5 rings (SSSR count). The minimum Gasteiger partial charge on any atom is -0.354 e. The SMILES string of the molecule is CNC(=O)c1ccc(C(=O)Nc2cc3cc(-c4cnn5c4CN(CCF)CC5)cnc3cn2)cn1. The van der Waals surface area contributed by atoms with Crippen LogP contribution in [0.2, 0.25) is 0 Å². The summed E-state index contributed by atoms with van der Waals surface area (Å²) >= 11 is 0. The first-order valence-corrected chi connectivity index (χ1v) is 11.1. The number of rotatable bonds is 6. The lowest BCUT2D eigenvalue weighted by Gasteiger charge is -2.27. The van der Waals surface area contributed by atoms with Gasteiger partial charge in [-0.05, 0) is 24.3 Å². The number of hydrogen-bond acceptors (Lipinski definition) is 7. The van der Waals surface area contributed by atoms with Crippen LogP contribution in [0.5, 0.6) is 0 Å². The molecule has 5 heterocycles. The van der Waals surface area contributed by atoms with Crippen LogP contribution in [0.1, 0.15) is 26.5 Å². The zero-order valence-electron chi connectivity index (χ0n) is 19.0. The molecule has 4 aromatic heterocycles. The molecule has 0 fully saturated rings. The second-order valence-electron chi connectivity index (χ2n) is 8.14. The van der Waals surface area contributed by atoms with E-state index in [0.717, 1.165) is 35.3 Å². The number of amides is 2. The topological polar surface area (TPSA) is 118 Å². The van der Waals surface area contributed by atoms with Gasteiger partial charge in [-0.15, -0.1) is 0 Å². The van der Waals surface area contributed by atoms with Crippen LogP contribution in [0.15, 0.2) is 49.1 Å². The van der Waals surface area contributed by atoms with Gasteiger partial charge in [0.05, 0.1) is 35.7 Å². The van der Waals surface area contributed by atoms with Gasteiger partial charge in [0.25, 0.3) is 11.8 Å². The quantitative estimate of drug-likeness (QED) is 0.440. The fraction of sp³-hybridized carbons (Fsp3) is 0.250. The maximum absolute atomic E-state index is 12.8. The Morgan fingerprint density at radius 2 is 1.91 bits per heavy atom. The molecule has 10 nitrogen and oxygen atoms in total. The number of alkyl halides is 1. The van der Waals surface area contributed by atoms with Gasteiger partial charge in [-0.3, -0.25) is 29.1 Å². The third kappa shape index (κ3) is 4.58. The monoisotopic (exact) mass is 474 g/mol. The molecule has 0 radical (unpaired) electrons. The zero-order chi connectivity index (χ0) is 24.4. The Balaban J connectivity index is 1.38. The van der Waals surface area contributed by atoms with Crippen molar-refractivity contribution < 1.29 is 14.0 Å². The normalized spacial score (nSPS) is 13.4. The van der Waals surface area contributed by atoms with E-state index in [1.54, 1.807) is 18.5 Å². The van der Waals surface area contributed by atoms with Gasteiger partial charge in [0.15, 0.2) is 0 Å². The van der Waals surface area contributed by atoms with Crippen LogP contribution >= 0.6 is 0 Å². The maximum atomic E-state index is 12.8. The maximum Gasteiger partial charge on any atom is 0.269 e. The molecule has 1 aliphatic rings. The Morgan fingerprint density at radius 3 is 2.69 bits per heavy atom. The summed E-state index contributed by atoms with van der Waals surface area (Å²) in [6, 6.07) is 6.74. The fourth-order valence-electron chi connectivity index (χ4n) is 4.07. The summed E-state index contributed by atoms with van der Waals surface area (Å²) in [6.45, 7) is 2.14. The summed E-state index contributed by atoms with van der Waals surface area (Å²) in [7, 11) is 1.51. The van der Waals surface area contributed by atoms with Crippen molar-refractivity contribution in [2.24, 2.45) is 0 Å². The van der Waals surface area contributed by atoms with Gasteiger partial charge < -0.3 is 10.6 Å². The highest BCUT2D eigenvalue weighted by Gasteiger charge is 2.21. The number of carbonyl (C=O) groups is 2. The number of carbonyl (C=O) groups excluding carboxylic acids is 2. The van der Waals surface area contributed by atoms with E-state index in [0.29, 0.717) is 30.0 Å². The van der Waals surface area contributed by atoms with Crippen molar-refractivity contribution in [3.63, 3.8) is 0 Å². The molecule has 0 aromatic carbocycles. The predicted molar refractivity (Wildman–Crippen MR) is 128 cm³/mol. The summed E-state index contributed by atoms with van der Waals surface area (Å²) < 4.78 is 14.8. The number of halogens is 1. The second kappa shape index (κ2) is 9.55. The van der Waals surface area contributed by atoms with Crippen LogP contribution in [0, 0.1) is 0 Å². The van der Waals surface area contributed by atoms with Crippen LogP contribution in [0.3, 0.4) is 0 Å². The van der Waals surface area contributed by atoms with Crippen LogP contribution in [0.25, 0.3) is 22.0 Å². The van der Waals surface area contributed by atoms with Gasteiger partial charge in [0, 0.05) is 55.6 Å². The first-order valence-electron chi connectivity index (χ1n) is 11.1. The number of nitrogens with zero attached hydrogens (tertiary/aromatic N) is 6. The van der Waals surface area contributed by atoms with Gasteiger partial charge >= 0.3 is 0 Å². The molecule has 0 saturated heterocycles. The molecule has 0 aliphatic carbocycles. The highest BCUT2D eigenvalue weighted by Crippen LogP contribution is 2.29. The van der Waals surface area contributed by atoms with E-state index in [1.807, 2.05) is 16.9 Å². The Bertz CT molecular complexity index is 1400. The largest absolute Gasteiger partial charge is 0.354 e. The average Bonchev–Trinajstić information content (AvgIpc) is 3.31. The minimum absolute atomic E-state index is 0.224. The fourth-order valence-corrected chi connectivity index (χ4v) is 4.07. The number of fused-ring (bicyclic) bond motifs is 2. The van der Waals surface area contributed by atoms with Crippen molar-refractivity contribution in [3.05, 3.63) is 66.0 Å². The van der Waals surface area contributed by atoms with Crippen LogP contribution in [-0.4, -0.2) is 68.3 Å². The van der Waals surface area contributed by atoms with Crippen molar-refractivity contribution in [1.29, 1.82) is 0 Å². The molecule has 0 bridgehead atoms. The van der Waals surface area contributed by atoms with Gasteiger partial charge in [-0.25, -0.2) is 9.37 Å². The van der Waals surface area contributed by atoms with Crippen molar-refractivity contribution in [2.45, 2.75) is 13.1 Å². The van der Waals surface area contributed by atoms with E-state index in [1.165, 1.54) is 25.4 Å². The van der Waals surface area contributed by atoms with E-state index >= 15 is 0 Å². The third-order valence-corrected chi connectivity index (χ3v) is 5.96. The van der Waals surface area contributed by atoms with E-state index < -0.39 is 5.91 Å². The Hall–Kier alpha value is -4.25. The summed E-state index contributed by atoms with van der Waals surface area (Å²) in [5.74, 6) is -0.357. The predicted octanol–water partition coefficient (Wildman–Crippen LogP) is 2.29. The van der Waals surface area contributed by atoms with Crippen LogP contribution in [0.4, 0.5) is 10.2 Å². The molecule has 35 heavy (non-hydrogen) atoms. The van der Waals surface area contributed by atoms with Crippen molar-refractivity contribution in [3.8, 4) is 11.1 Å². The third-order valence-electron chi connectivity index (χ3n) is 5.96. The van der Waals surface area contributed by atoms with Gasteiger partial charge in [-0.1, -0.05) is 0 Å². The Kier molecular flexibility index (Phi) is 6.15. The Labute approximate surface area is 200 Å². The van der Waals surface area contributed by atoms with Gasteiger partial charge in [-0.2, -0.15) is 5.10 Å². The average molecular weight is 475 g/mol. The number of anilines is 1. The highest BCUT2D eigenvalue weighted by molar-refractivity contribution is 6.04. The summed E-state index contributed by atoms with van der Waals surface area (Å²) in [6.07, 6.45) is 6.53. The van der Waals surface area contributed by atoms with Crippen molar-refractivity contribution in [2.75, 3.05) is 32.1 Å². The summed E-state index contributed by atoms with van der Waals surface area (Å²) in [5, 5.41) is 10.5. The van der Waals surface area contributed by atoms with Gasteiger partial charge in [0.2, 0.25) is 0 Å². The first-order chi connectivity index (χ1) is 17.1. The molecule has 2 N–H and O–H groups in total. The van der Waals surface area contributed by atoms with Crippen molar-refractivity contribution >= 4 is 28.5 Å². The van der Waals surface area contributed by atoms with E-state index in [4.69, 9.17) is 0 Å². The molecule has 0 spiro atoms. The highest BCUT2D eigenvalue weighted by atomic mass is 19.1. The van der Waals surface area contributed by atoms with Gasteiger partial charge in [0.1, 0.15) is 18.2 Å². The van der Waals surface area contributed by atoms with Crippen molar-refractivity contribution in [1.82, 2.24) is 34.9 Å². The van der Waals surface area contributed by atoms with Crippen LogP contribution in [-0.2, 0) is 13.1 Å². The summed E-state index contributed by atoms with van der Waals surface area (Å²) in [4.78, 5) is 39.2. The number of hydrogen-bond donors (Lipinski definition) is 2. The molecule has 0 atom stereocenters. The number of pyridine rings is 3. The molecule has 0 saturated carbocycles. The minimum atomic E-state index is -0.393. The number of aromatic nitrogens is 5. The standard InChI is InChI=1S/C24H23FN8O2/c1-26-24(35)19-3-2-15(10-27-19)23(34)31-22-9-16-8-17(11-28-20(16)13-29-22)18-12-30-33-7-6-32(5-4-25)14-21(18)33/h2-3,8-13H,4-7,14H2,1H3,(H,26,35)(H,29,31,34). The zero-order valence-corrected chi connectivity index (χ0v) is 19.0. The molecule has 1 aliphatic heterocycles. The molecular formula is C24H23FN8O2. The Morgan fingerprint density at radius 1 is 1.03 bits per heavy atom. The first kappa shape index (κ1) is 22.5. The second-order valence-corrected chi connectivity index (χ2v) is 8.14. The molecule has 178 valence electrons. The van der Waals surface area contributed by atoms with E-state index in [9.17, 15) is 14.0 Å². The molecule has 4 aromatic rings. The van der Waals surface area contributed by atoms with E-state index in [-0.39, 0.29) is 18.3 Å². The molecule has 0 unspecified atom stereocenters. The van der Waals surface area contributed by atoms with Crippen LogP contribution < -0.4 is 10.6 Å².